The van der Waals surface area contributed by atoms with Gasteiger partial charge in [-0.15, -0.1) is 10.2 Å². The fraction of sp³-hybridized carbons (Fsp3) is 0.188. The second-order valence-electron chi connectivity index (χ2n) is 5.05. The quantitative estimate of drug-likeness (QED) is 0.707. The molecular formula is C16H14FN3O3S. The molecule has 6 nitrogen and oxygen atoms in total. The van der Waals surface area contributed by atoms with Gasteiger partial charge in [0.15, 0.2) is 0 Å². The topological polar surface area (TPSA) is 81.2 Å². The number of nitrogens with zero attached hydrogens (tertiary/aromatic N) is 2. The van der Waals surface area contributed by atoms with Gasteiger partial charge in [-0.2, -0.15) is 0 Å². The Balaban J connectivity index is 1.59. The zero-order chi connectivity index (χ0) is 17.1. The molecule has 0 radical (unpaired) electrons. The van der Waals surface area contributed by atoms with E-state index in [1.807, 2.05) is 19.9 Å². The normalized spacial score (nSPS) is 10.8. The van der Waals surface area contributed by atoms with Crippen molar-refractivity contribution in [2.45, 2.75) is 19.1 Å². The highest BCUT2D eigenvalue weighted by molar-refractivity contribution is 7.99. The van der Waals surface area contributed by atoms with E-state index in [0.29, 0.717) is 17.3 Å². The van der Waals surface area contributed by atoms with Crippen LogP contribution < -0.4 is 5.32 Å². The summed E-state index contributed by atoms with van der Waals surface area (Å²) in [6, 6.07) is 7.51. The van der Waals surface area contributed by atoms with Crippen LogP contribution in [0.2, 0.25) is 0 Å². The van der Waals surface area contributed by atoms with E-state index in [-0.39, 0.29) is 16.9 Å². The van der Waals surface area contributed by atoms with Gasteiger partial charge in [0.05, 0.1) is 11.3 Å². The zero-order valence-corrected chi connectivity index (χ0v) is 13.8. The minimum atomic E-state index is -0.409. The minimum absolute atomic E-state index is 0.0710. The smallest absolute Gasteiger partial charge is 0.277 e. The number of anilines is 1. The molecule has 0 spiro atoms. The molecule has 24 heavy (non-hydrogen) atoms. The highest BCUT2D eigenvalue weighted by Crippen LogP contribution is 2.28. The fourth-order valence-electron chi connectivity index (χ4n) is 2.11. The van der Waals surface area contributed by atoms with Crippen molar-refractivity contribution in [2.24, 2.45) is 0 Å². The van der Waals surface area contributed by atoms with Crippen LogP contribution in [0, 0.1) is 19.7 Å². The molecule has 0 atom stereocenters. The lowest BCUT2D eigenvalue weighted by atomic mass is 10.2. The van der Waals surface area contributed by atoms with Crippen LogP contribution in [0.5, 0.6) is 0 Å². The summed E-state index contributed by atoms with van der Waals surface area (Å²) < 4.78 is 24.0. The summed E-state index contributed by atoms with van der Waals surface area (Å²) in [4.78, 5) is 11.9. The van der Waals surface area contributed by atoms with E-state index in [4.69, 9.17) is 8.83 Å². The number of hydrogen-bond donors (Lipinski definition) is 1. The molecule has 0 fully saturated rings. The molecule has 1 aromatic carbocycles. The third kappa shape index (κ3) is 3.83. The molecule has 0 aliphatic rings. The average molecular weight is 347 g/mol. The highest BCUT2D eigenvalue weighted by Gasteiger charge is 2.15. The number of nitrogens with one attached hydrogen (secondary N) is 1. The standard InChI is InChI=1S/C16H14FN3O3S/c1-9-6-13(10(2)22-9)15-19-20-16(23-15)24-8-14(21)18-12-5-3-4-11(17)7-12/h3-7H,8H2,1-2H3,(H,18,21). The molecule has 0 bridgehead atoms. The molecule has 1 N–H and O–H groups in total. The van der Waals surface area contributed by atoms with Gasteiger partial charge in [0, 0.05) is 5.69 Å². The number of halogens is 1. The van der Waals surface area contributed by atoms with Crippen molar-refractivity contribution < 1.29 is 18.0 Å². The highest BCUT2D eigenvalue weighted by atomic mass is 32.2. The lowest BCUT2D eigenvalue weighted by Gasteiger charge is -2.03. The molecular weight excluding hydrogens is 333 g/mol. The van der Waals surface area contributed by atoms with E-state index < -0.39 is 5.82 Å². The van der Waals surface area contributed by atoms with Crippen LogP contribution in [0.15, 0.2) is 44.4 Å². The summed E-state index contributed by atoms with van der Waals surface area (Å²) in [6.07, 6.45) is 0. The average Bonchev–Trinajstić information content (AvgIpc) is 3.11. The third-order valence-corrected chi connectivity index (χ3v) is 3.93. The summed E-state index contributed by atoms with van der Waals surface area (Å²) >= 11 is 1.10. The van der Waals surface area contributed by atoms with Gasteiger partial charge in [-0.25, -0.2) is 4.39 Å². The summed E-state index contributed by atoms with van der Waals surface area (Å²) in [7, 11) is 0. The molecule has 0 aliphatic heterocycles. The van der Waals surface area contributed by atoms with Crippen LogP contribution in [0.1, 0.15) is 11.5 Å². The lowest BCUT2D eigenvalue weighted by Crippen LogP contribution is -2.14. The van der Waals surface area contributed by atoms with Crippen molar-refractivity contribution in [1.82, 2.24) is 10.2 Å². The Morgan fingerprint density at radius 2 is 2.08 bits per heavy atom. The van der Waals surface area contributed by atoms with Gasteiger partial charge in [-0.05, 0) is 38.1 Å². The maximum absolute atomic E-state index is 13.1. The molecule has 1 amide bonds. The Kier molecular flexibility index (Phi) is 4.66. The Bertz CT molecular complexity index is 875. The largest absolute Gasteiger partial charge is 0.466 e. The first-order valence-electron chi connectivity index (χ1n) is 7.10. The molecule has 2 aromatic heterocycles. The van der Waals surface area contributed by atoms with Gasteiger partial charge in [0.1, 0.15) is 17.3 Å². The first kappa shape index (κ1) is 16.3. The number of hydrogen-bond acceptors (Lipinski definition) is 6. The van der Waals surface area contributed by atoms with Gasteiger partial charge >= 0.3 is 0 Å². The first-order chi connectivity index (χ1) is 11.5. The van der Waals surface area contributed by atoms with E-state index in [9.17, 15) is 9.18 Å². The molecule has 8 heteroatoms. The van der Waals surface area contributed by atoms with E-state index >= 15 is 0 Å². The van der Waals surface area contributed by atoms with Gasteiger partial charge in [-0.3, -0.25) is 4.79 Å². The van der Waals surface area contributed by atoms with Crippen LogP contribution >= 0.6 is 11.8 Å². The number of rotatable bonds is 5. The summed E-state index contributed by atoms with van der Waals surface area (Å²) in [5.74, 6) is 1.16. The van der Waals surface area contributed by atoms with Crippen LogP contribution in [0.25, 0.3) is 11.5 Å². The summed E-state index contributed by atoms with van der Waals surface area (Å²) in [5.41, 5.74) is 1.13. The maximum atomic E-state index is 13.1. The molecule has 3 aromatic rings. The Morgan fingerprint density at radius 3 is 2.79 bits per heavy atom. The van der Waals surface area contributed by atoms with Gasteiger partial charge in [-0.1, -0.05) is 17.8 Å². The number of amides is 1. The third-order valence-electron chi connectivity index (χ3n) is 3.11. The van der Waals surface area contributed by atoms with Crippen molar-refractivity contribution in [2.75, 3.05) is 11.1 Å². The summed E-state index contributed by atoms with van der Waals surface area (Å²) in [5, 5.41) is 10.7. The number of aryl methyl sites for hydroxylation is 2. The van der Waals surface area contributed by atoms with Gasteiger partial charge in [0.2, 0.25) is 5.91 Å². The van der Waals surface area contributed by atoms with E-state index in [0.717, 1.165) is 23.1 Å². The second kappa shape index (κ2) is 6.88. The molecule has 0 saturated heterocycles. The van der Waals surface area contributed by atoms with Crippen LogP contribution in [-0.2, 0) is 4.79 Å². The monoisotopic (exact) mass is 347 g/mol. The van der Waals surface area contributed by atoms with E-state index in [2.05, 4.69) is 15.5 Å². The predicted octanol–water partition coefficient (Wildman–Crippen LogP) is 3.82. The minimum Gasteiger partial charge on any atom is -0.466 e. The van der Waals surface area contributed by atoms with Gasteiger partial charge < -0.3 is 14.2 Å². The number of carbonyl (C=O) groups is 1. The Hall–Kier alpha value is -2.61. The van der Waals surface area contributed by atoms with E-state index in [1.54, 1.807) is 6.07 Å². The fourth-order valence-corrected chi connectivity index (χ4v) is 2.67. The Labute approximate surface area is 141 Å². The molecule has 0 aliphatic carbocycles. The van der Waals surface area contributed by atoms with Crippen molar-refractivity contribution in [3.05, 3.63) is 47.7 Å². The molecule has 0 unspecified atom stereocenters. The zero-order valence-electron chi connectivity index (χ0n) is 13.0. The number of aromatic nitrogens is 2. The number of thioether (sulfide) groups is 1. The molecule has 0 saturated carbocycles. The van der Waals surface area contributed by atoms with Crippen LogP contribution in [0.3, 0.4) is 0 Å². The van der Waals surface area contributed by atoms with Gasteiger partial charge in [0.25, 0.3) is 11.1 Å². The number of benzene rings is 1. The summed E-state index contributed by atoms with van der Waals surface area (Å²) in [6.45, 7) is 3.64. The van der Waals surface area contributed by atoms with Crippen molar-refractivity contribution in [3.8, 4) is 11.5 Å². The first-order valence-corrected chi connectivity index (χ1v) is 8.09. The van der Waals surface area contributed by atoms with Crippen LogP contribution in [-0.4, -0.2) is 21.9 Å². The van der Waals surface area contributed by atoms with Crippen molar-refractivity contribution in [1.29, 1.82) is 0 Å². The van der Waals surface area contributed by atoms with Crippen molar-refractivity contribution >= 4 is 23.4 Å². The molecule has 3 rings (SSSR count). The molecule has 2 heterocycles. The predicted molar refractivity (Wildman–Crippen MR) is 87.2 cm³/mol. The Morgan fingerprint density at radius 1 is 1.25 bits per heavy atom. The van der Waals surface area contributed by atoms with E-state index in [1.165, 1.54) is 18.2 Å². The van der Waals surface area contributed by atoms with Crippen molar-refractivity contribution in [3.63, 3.8) is 0 Å². The SMILES string of the molecule is Cc1cc(-c2nnc(SCC(=O)Nc3cccc(F)c3)o2)c(C)o1. The molecule has 124 valence electrons. The number of carbonyl (C=O) groups excluding carboxylic acids is 1. The second-order valence-corrected chi connectivity index (χ2v) is 5.97. The maximum Gasteiger partial charge on any atom is 0.277 e. The number of furan rings is 1. The lowest BCUT2D eigenvalue weighted by molar-refractivity contribution is -0.113. The van der Waals surface area contributed by atoms with Crippen LogP contribution in [0.4, 0.5) is 10.1 Å².